The third-order valence-corrected chi connectivity index (χ3v) is 11.0. The fourth-order valence-corrected chi connectivity index (χ4v) is 6.82. The van der Waals surface area contributed by atoms with Crippen molar-refractivity contribution < 1.29 is 101 Å². The van der Waals surface area contributed by atoms with E-state index in [1.54, 1.807) is 58.9 Å². The number of hydrogen-bond acceptors (Lipinski definition) is 26. The van der Waals surface area contributed by atoms with E-state index >= 15 is 0 Å². The minimum atomic E-state index is -1.17. The average molecular weight is 1300 g/mol. The molecule has 498 valence electrons. The zero-order valence-corrected chi connectivity index (χ0v) is 51.7. The van der Waals surface area contributed by atoms with Crippen LogP contribution in [0, 0.1) is 50.6 Å². The van der Waals surface area contributed by atoms with Crippen LogP contribution in [0.1, 0.15) is 89.3 Å². The molecular weight excluding hydrogens is 1230 g/mol. The van der Waals surface area contributed by atoms with Gasteiger partial charge in [-0.1, -0.05) is 0 Å². The number of benzene rings is 6. The molecule has 0 aromatic heterocycles. The van der Waals surface area contributed by atoms with E-state index in [2.05, 4.69) is 14.2 Å². The van der Waals surface area contributed by atoms with Gasteiger partial charge < -0.3 is 58.6 Å². The summed E-state index contributed by atoms with van der Waals surface area (Å²) in [5, 5.41) is 70.2. The van der Waals surface area contributed by atoms with Crippen molar-refractivity contribution in [3.05, 3.63) is 205 Å². The highest BCUT2D eigenvalue weighted by Crippen LogP contribution is 2.30. The number of carboxylic acid groups (broad SMARTS) is 1. The lowest BCUT2D eigenvalue weighted by Crippen LogP contribution is -2.06. The number of aromatic carboxylic acids is 1. The van der Waals surface area contributed by atoms with Gasteiger partial charge in [0, 0.05) is 70.9 Å². The van der Waals surface area contributed by atoms with E-state index < -0.39 is 48.5 Å². The molecule has 0 spiro atoms. The van der Waals surface area contributed by atoms with Crippen molar-refractivity contribution >= 4 is 76.4 Å². The van der Waals surface area contributed by atoms with E-state index in [-0.39, 0.29) is 70.0 Å². The van der Waals surface area contributed by atoms with Gasteiger partial charge in [-0.25, -0.2) is 19.2 Å². The molecule has 0 amide bonds. The van der Waals surface area contributed by atoms with Crippen molar-refractivity contribution in [2.75, 3.05) is 66.7 Å². The minimum absolute atomic E-state index is 0.0131. The maximum absolute atomic E-state index is 11.3. The summed E-state index contributed by atoms with van der Waals surface area (Å²) in [6, 6.07) is 24.6. The fourth-order valence-electron chi connectivity index (χ4n) is 6.82. The quantitative estimate of drug-likeness (QED) is 0.00911. The van der Waals surface area contributed by atoms with Crippen LogP contribution in [0.2, 0.25) is 0 Å². The minimum Gasteiger partial charge on any atom is -0.493 e. The molecule has 6 rings (SSSR count). The summed E-state index contributed by atoms with van der Waals surface area (Å²) in [6.45, 7) is 12.6. The highest BCUT2D eigenvalue weighted by atomic mass is 16.6. The molecule has 0 heterocycles. The average Bonchev–Trinajstić information content (AvgIpc) is 3.67. The van der Waals surface area contributed by atoms with E-state index in [0.29, 0.717) is 78.9 Å². The van der Waals surface area contributed by atoms with E-state index in [1.165, 1.54) is 112 Å². The van der Waals surface area contributed by atoms with Crippen LogP contribution in [0.15, 0.2) is 121 Å². The topological polar surface area (TPSA) is 451 Å². The van der Waals surface area contributed by atoms with Crippen LogP contribution in [0.4, 0.5) is 34.1 Å². The first-order chi connectivity index (χ1) is 44.3. The SMILES string of the molecule is CCOc1cc(N)ccc1/C=C/C(=O)OC.CCOc1cc([N+](=O)[O-])ccc1/C=C/C(=O)OC.CCOc1cc([N+](=O)[O-])ccc1C(=O)O.CCOc1cc([N+](=O)[O-])ccc1C(=O)OC.CCOc1cc([N+](=O)[O-])ccc1C=O.CCOc1cc([N+](=O)[O-])ccc1CO. The number of nitrogens with zero attached hydrogens (tertiary/aromatic N) is 5. The number of methoxy groups -OCH3 is 3. The molecule has 0 saturated carbocycles. The van der Waals surface area contributed by atoms with Crippen molar-refractivity contribution in [2.45, 2.75) is 48.1 Å². The third-order valence-electron chi connectivity index (χ3n) is 11.0. The van der Waals surface area contributed by atoms with E-state index in [0.717, 1.165) is 23.8 Å². The van der Waals surface area contributed by atoms with Gasteiger partial charge in [-0.15, -0.1) is 0 Å². The summed E-state index contributed by atoms with van der Waals surface area (Å²) in [7, 11) is 3.84. The monoisotopic (exact) mass is 1300 g/mol. The van der Waals surface area contributed by atoms with Crippen LogP contribution in [-0.2, 0) is 30.4 Å². The molecule has 0 fully saturated rings. The molecule has 93 heavy (non-hydrogen) atoms. The predicted molar refractivity (Wildman–Crippen MR) is 335 cm³/mol. The first kappa shape index (κ1) is 78.9. The van der Waals surface area contributed by atoms with Crippen molar-refractivity contribution in [1.82, 2.24) is 0 Å². The Bertz CT molecular complexity index is 3590. The molecule has 32 nitrogen and oxygen atoms in total. The number of aliphatic hydroxyl groups is 1. The van der Waals surface area contributed by atoms with E-state index in [4.69, 9.17) is 44.4 Å². The number of nitro benzene ring substituents is 5. The summed E-state index contributed by atoms with van der Waals surface area (Å²) in [6.07, 6.45) is 6.29. The Morgan fingerprint density at radius 3 is 1.11 bits per heavy atom. The Labute approximate surface area is 531 Å². The lowest BCUT2D eigenvalue weighted by atomic mass is 10.1. The van der Waals surface area contributed by atoms with Gasteiger partial charge in [0.15, 0.2) is 6.29 Å². The molecule has 0 unspecified atom stereocenters. The third kappa shape index (κ3) is 27.9. The summed E-state index contributed by atoms with van der Waals surface area (Å²) in [4.78, 5) is 104. The number of rotatable bonds is 25. The van der Waals surface area contributed by atoms with Crippen molar-refractivity contribution in [1.29, 1.82) is 0 Å². The van der Waals surface area contributed by atoms with E-state index in [9.17, 15) is 74.5 Å². The first-order valence-corrected chi connectivity index (χ1v) is 27.3. The molecule has 0 radical (unpaired) electrons. The lowest BCUT2D eigenvalue weighted by molar-refractivity contribution is -0.385. The Morgan fingerprint density at radius 2 is 0.742 bits per heavy atom. The summed E-state index contributed by atoms with van der Waals surface area (Å²) in [5.41, 5.74) is 8.10. The predicted octanol–water partition coefficient (Wildman–Crippen LogP) is 10.8. The van der Waals surface area contributed by atoms with Gasteiger partial charge in [0.25, 0.3) is 28.4 Å². The Kier molecular flexibility index (Phi) is 36.3. The number of aliphatic hydroxyl groups excluding tert-OH is 1. The molecule has 4 N–H and O–H groups in total. The van der Waals surface area contributed by atoms with Gasteiger partial charge in [0.05, 0.1) is 128 Å². The van der Waals surface area contributed by atoms with Crippen molar-refractivity contribution in [3.63, 3.8) is 0 Å². The van der Waals surface area contributed by atoms with E-state index in [1.807, 2.05) is 6.92 Å². The van der Waals surface area contributed by atoms with Crippen molar-refractivity contribution in [3.8, 4) is 34.5 Å². The number of ether oxygens (including phenoxy) is 9. The standard InChI is InChI=1S/C12H13NO5.C12H15NO3.C10H11NO5.C9H9NO5.C9H11NO4.C9H9NO4/c1-3-18-11-8-10(13(15)16)6-4-9(11)5-7-12(14)17-2;1-3-16-11-8-10(13)6-4-9(11)5-7-12(14)15-2;1-3-16-9-6-7(11(13)14)4-5-8(9)10(12)15-2;1-2-15-8-5-6(10(13)14)3-4-7(8)9(11)12;2*1-2-14-9-5-8(10(12)13)4-3-7(9)6-11/h4-8H,3H2,1-2H3;4-8H,3,13H2,1-2H3;4-6H,3H2,1-2H3;3-5H,2H2,1H3,(H,11,12);3-5,11H,2,6H2,1H3;3-6H,2H2,1H3/b2*7-5+;;;;. The number of carbonyl (C=O) groups excluding carboxylic acids is 4. The van der Waals surface area contributed by atoms with Gasteiger partial charge in [0.1, 0.15) is 45.6 Å². The van der Waals surface area contributed by atoms with Gasteiger partial charge in [-0.05, 0) is 96.2 Å². The maximum atomic E-state index is 11.3. The zero-order valence-electron chi connectivity index (χ0n) is 51.7. The Morgan fingerprint density at radius 1 is 0.430 bits per heavy atom. The molecule has 32 heteroatoms. The Hall–Kier alpha value is -12.1. The highest BCUT2D eigenvalue weighted by Gasteiger charge is 2.19. The van der Waals surface area contributed by atoms with Crippen LogP contribution >= 0.6 is 0 Å². The lowest BCUT2D eigenvalue weighted by Gasteiger charge is -2.07. The molecule has 6 aromatic carbocycles. The normalized spacial score (nSPS) is 9.91. The molecule has 0 bridgehead atoms. The van der Waals surface area contributed by atoms with Gasteiger partial charge in [-0.2, -0.15) is 0 Å². The number of non-ortho nitro benzene ring substituents is 5. The largest absolute Gasteiger partial charge is 0.493 e. The molecular formula is C61H68N6O26. The summed E-state index contributed by atoms with van der Waals surface area (Å²) < 4.78 is 44.6. The second-order valence-electron chi connectivity index (χ2n) is 17.1. The fraction of sp³-hybridized carbons (Fsp3) is 0.262. The highest BCUT2D eigenvalue weighted by molar-refractivity contribution is 5.93. The van der Waals surface area contributed by atoms with Gasteiger partial charge in [0.2, 0.25) is 0 Å². The number of anilines is 1. The second kappa shape index (κ2) is 42.7. The molecule has 0 aliphatic heterocycles. The maximum Gasteiger partial charge on any atom is 0.341 e. The smallest absolute Gasteiger partial charge is 0.341 e. The molecule has 0 atom stereocenters. The number of nitrogen functional groups attached to an aromatic ring is 1. The first-order valence-electron chi connectivity index (χ1n) is 27.3. The number of aldehydes is 1. The number of carboxylic acids is 1. The van der Waals surface area contributed by atoms with Gasteiger partial charge >= 0.3 is 23.9 Å². The molecule has 0 aliphatic rings. The zero-order chi connectivity index (χ0) is 70.2. The number of nitrogens with two attached hydrogens (primary N) is 1. The molecule has 6 aromatic rings. The number of nitro groups is 5. The summed E-state index contributed by atoms with van der Waals surface area (Å²) in [5.74, 6) is -0.875. The van der Waals surface area contributed by atoms with Gasteiger partial charge in [-0.3, -0.25) is 55.4 Å². The van der Waals surface area contributed by atoms with Crippen LogP contribution < -0.4 is 34.2 Å². The van der Waals surface area contributed by atoms with Crippen molar-refractivity contribution in [2.24, 2.45) is 0 Å². The number of carbonyl (C=O) groups is 5. The molecule has 0 saturated heterocycles. The van der Waals surface area contributed by atoms with Crippen LogP contribution in [0.5, 0.6) is 34.5 Å². The number of esters is 3. The number of hydrogen-bond donors (Lipinski definition) is 3. The summed E-state index contributed by atoms with van der Waals surface area (Å²) >= 11 is 0. The van der Waals surface area contributed by atoms with Crippen LogP contribution in [0.3, 0.4) is 0 Å². The molecule has 0 aliphatic carbocycles. The van der Waals surface area contributed by atoms with Crippen LogP contribution in [-0.4, -0.2) is 126 Å². The second-order valence-corrected chi connectivity index (χ2v) is 17.1. The Balaban J connectivity index is 0.000000559. The van der Waals surface area contributed by atoms with Crippen LogP contribution in [0.25, 0.3) is 12.2 Å².